The molecular formula is C19H17N7O. The van der Waals surface area contributed by atoms with Gasteiger partial charge >= 0.3 is 0 Å². The van der Waals surface area contributed by atoms with E-state index in [4.69, 9.17) is 10.5 Å². The summed E-state index contributed by atoms with van der Waals surface area (Å²) in [5.41, 5.74) is 8.51. The predicted molar refractivity (Wildman–Crippen MR) is 103 cm³/mol. The maximum absolute atomic E-state index is 5.73. The Morgan fingerprint density at radius 2 is 1.93 bits per heavy atom. The molecule has 134 valence electrons. The Morgan fingerprint density at radius 1 is 1.04 bits per heavy atom. The summed E-state index contributed by atoms with van der Waals surface area (Å²) in [6.45, 7) is 2.04. The van der Waals surface area contributed by atoms with Crippen molar-refractivity contribution in [2.45, 2.75) is 6.92 Å². The Balaban J connectivity index is 1.53. The van der Waals surface area contributed by atoms with Crippen LogP contribution in [-0.4, -0.2) is 25.1 Å². The van der Waals surface area contributed by atoms with E-state index in [1.807, 2.05) is 55.5 Å². The molecule has 0 atom stereocenters. The van der Waals surface area contributed by atoms with Gasteiger partial charge in [0, 0.05) is 23.5 Å². The van der Waals surface area contributed by atoms with Crippen molar-refractivity contribution in [2.24, 2.45) is 0 Å². The molecular weight excluding hydrogens is 342 g/mol. The molecule has 0 spiro atoms. The molecule has 2 aromatic carbocycles. The summed E-state index contributed by atoms with van der Waals surface area (Å²) in [5, 5.41) is 11.6. The zero-order valence-corrected chi connectivity index (χ0v) is 14.5. The summed E-state index contributed by atoms with van der Waals surface area (Å²) in [6, 6.07) is 17.1. The van der Waals surface area contributed by atoms with E-state index in [-0.39, 0.29) is 5.95 Å². The Bertz CT molecular complexity index is 1080. The van der Waals surface area contributed by atoms with Crippen molar-refractivity contribution >= 4 is 17.6 Å². The highest BCUT2D eigenvalue weighted by Gasteiger charge is 2.08. The number of benzene rings is 2. The minimum absolute atomic E-state index is 0.158. The van der Waals surface area contributed by atoms with Gasteiger partial charge < -0.3 is 20.8 Å². The number of aromatic nitrogens is 5. The van der Waals surface area contributed by atoms with Crippen molar-refractivity contribution < 1.29 is 4.74 Å². The lowest BCUT2D eigenvalue weighted by molar-refractivity contribution is 0.463. The molecule has 4 rings (SSSR count). The van der Waals surface area contributed by atoms with Gasteiger partial charge in [-0.25, -0.2) is 4.98 Å². The molecule has 0 saturated carbocycles. The van der Waals surface area contributed by atoms with Crippen molar-refractivity contribution in [3.8, 4) is 23.0 Å². The van der Waals surface area contributed by atoms with Crippen LogP contribution in [0.15, 0.2) is 60.8 Å². The van der Waals surface area contributed by atoms with Crippen LogP contribution >= 0.6 is 0 Å². The molecule has 0 radical (unpaired) electrons. The minimum atomic E-state index is 0.158. The van der Waals surface area contributed by atoms with E-state index in [1.54, 1.807) is 12.3 Å². The molecule has 0 saturated heterocycles. The van der Waals surface area contributed by atoms with Crippen molar-refractivity contribution in [1.29, 1.82) is 0 Å². The summed E-state index contributed by atoms with van der Waals surface area (Å²) in [5.74, 6) is 2.32. The Kier molecular flexibility index (Phi) is 4.36. The number of nitrogens with zero attached hydrogens (tertiary/aromatic N) is 4. The molecule has 0 amide bonds. The second-order valence-corrected chi connectivity index (χ2v) is 5.90. The first-order chi connectivity index (χ1) is 13.2. The van der Waals surface area contributed by atoms with Crippen LogP contribution in [-0.2, 0) is 0 Å². The predicted octanol–water partition coefficient (Wildman–Crippen LogP) is 3.69. The molecule has 0 aliphatic heterocycles. The molecule has 0 aliphatic carbocycles. The third-order valence-corrected chi connectivity index (χ3v) is 3.75. The average Bonchev–Trinajstić information content (AvgIpc) is 3.10. The highest BCUT2D eigenvalue weighted by Crippen LogP contribution is 2.25. The van der Waals surface area contributed by atoms with Crippen LogP contribution in [0, 0.1) is 6.92 Å². The van der Waals surface area contributed by atoms with Gasteiger partial charge in [-0.2, -0.15) is 4.98 Å². The second-order valence-electron chi connectivity index (χ2n) is 5.90. The van der Waals surface area contributed by atoms with Crippen molar-refractivity contribution in [3.63, 3.8) is 0 Å². The molecule has 0 unspecified atom stereocenters. The summed E-state index contributed by atoms with van der Waals surface area (Å²) in [7, 11) is 0. The highest BCUT2D eigenvalue weighted by molar-refractivity contribution is 5.61. The molecule has 4 aromatic rings. The molecule has 2 aromatic heterocycles. The van der Waals surface area contributed by atoms with E-state index < -0.39 is 0 Å². The number of nitrogens with one attached hydrogen (secondary N) is 2. The van der Waals surface area contributed by atoms with E-state index in [9.17, 15) is 0 Å². The monoisotopic (exact) mass is 359 g/mol. The van der Waals surface area contributed by atoms with E-state index >= 15 is 0 Å². The molecule has 0 fully saturated rings. The number of anilines is 3. The molecule has 4 N–H and O–H groups in total. The van der Waals surface area contributed by atoms with E-state index in [2.05, 4.69) is 30.5 Å². The Labute approximate surface area is 155 Å². The van der Waals surface area contributed by atoms with Crippen LogP contribution in [0.3, 0.4) is 0 Å². The van der Waals surface area contributed by atoms with Gasteiger partial charge in [0.05, 0.1) is 0 Å². The normalized spacial score (nSPS) is 10.6. The Morgan fingerprint density at radius 3 is 2.78 bits per heavy atom. The summed E-state index contributed by atoms with van der Waals surface area (Å²) in [4.78, 5) is 11.0. The Hall–Kier alpha value is -3.94. The topological polar surface area (TPSA) is 115 Å². The lowest BCUT2D eigenvalue weighted by Crippen LogP contribution is -1.96. The quantitative estimate of drug-likeness (QED) is 0.498. The number of aromatic amines is 1. The number of hydrogen-bond acceptors (Lipinski definition) is 7. The molecule has 0 aliphatic rings. The van der Waals surface area contributed by atoms with Crippen LogP contribution in [0.25, 0.3) is 11.4 Å². The summed E-state index contributed by atoms with van der Waals surface area (Å²) in [6.07, 6.45) is 1.54. The molecule has 2 heterocycles. The van der Waals surface area contributed by atoms with E-state index in [0.717, 1.165) is 16.8 Å². The molecule has 27 heavy (non-hydrogen) atoms. The van der Waals surface area contributed by atoms with Gasteiger partial charge in [0.15, 0.2) is 5.82 Å². The van der Waals surface area contributed by atoms with Crippen LogP contribution in [0.2, 0.25) is 0 Å². The van der Waals surface area contributed by atoms with Crippen molar-refractivity contribution in [2.75, 3.05) is 11.1 Å². The zero-order chi connectivity index (χ0) is 18.6. The van der Waals surface area contributed by atoms with Gasteiger partial charge in [0.25, 0.3) is 0 Å². The van der Waals surface area contributed by atoms with Crippen LogP contribution < -0.4 is 15.8 Å². The first kappa shape index (κ1) is 16.5. The number of nitrogen functional groups attached to an aromatic ring is 1. The van der Waals surface area contributed by atoms with Crippen LogP contribution in [0.4, 0.5) is 17.6 Å². The number of aryl methyl sites for hydroxylation is 1. The second kappa shape index (κ2) is 7.12. The SMILES string of the molecule is Cc1cccc(Nc2nnc(-c3cccc(Oc4ccnc(N)n4)c3)[nH]2)c1. The largest absolute Gasteiger partial charge is 0.439 e. The van der Waals surface area contributed by atoms with Gasteiger partial charge in [0.1, 0.15) is 5.75 Å². The zero-order valence-electron chi connectivity index (χ0n) is 14.5. The van der Waals surface area contributed by atoms with E-state index in [0.29, 0.717) is 23.4 Å². The molecule has 8 heteroatoms. The third-order valence-electron chi connectivity index (χ3n) is 3.75. The lowest BCUT2D eigenvalue weighted by atomic mass is 10.2. The summed E-state index contributed by atoms with van der Waals surface area (Å²) < 4.78 is 5.73. The first-order valence-electron chi connectivity index (χ1n) is 8.29. The fourth-order valence-electron chi connectivity index (χ4n) is 2.55. The number of H-pyrrole nitrogens is 1. The minimum Gasteiger partial charge on any atom is -0.439 e. The summed E-state index contributed by atoms with van der Waals surface area (Å²) >= 11 is 0. The first-order valence-corrected chi connectivity index (χ1v) is 8.29. The number of nitrogens with two attached hydrogens (primary N) is 1. The number of rotatable bonds is 5. The van der Waals surface area contributed by atoms with Crippen molar-refractivity contribution in [1.82, 2.24) is 25.1 Å². The molecule has 8 nitrogen and oxygen atoms in total. The highest BCUT2D eigenvalue weighted by atomic mass is 16.5. The van der Waals surface area contributed by atoms with Gasteiger partial charge in [-0.3, -0.25) is 0 Å². The van der Waals surface area contributed by atoms with E-state index in [1.165, 1.54) is 0 Å². The van der Waals surface area contributed by atoms with Crippen molar-refractivity contribution in [3.05, 3.63) is 66.4 Å². The fourth-order valence-corrected chi connectivity index (χ4v) is 2.55. The third kappa shape index (κ3) is 4.01. The number of hydrogen-bond donors (Lipinski definition) is 3. The average molecular weight is 359 g/mol. The van der Waals surface area contributed by atoms with Gasteiger partial charge in [0.2, 0.25) is 17.8 Å². The maximum atomic E-state index is 5.73. The van der Waals surface area contributed by atoms with Gasteiger partial charge in [-0.15, -0.1) is 10.2 Å². The molecule has 0 bridgehead atoms. The fraction of sp³-hybridized carbons (Fsp3) is 0.0526. The standard InChI is InChI=1S/C19H17N7O/c1-12-4-2-6-14(10-12)22-19-24-17(25-26-19)13-5-3-7-15(11-13)27-16-8-9-21-18(20)23-16/h2-11H,1H3,(H2,20,21,23)(H2,22,24,25,26). The number of ether oxygens (including phenoxy) is 1. The smallest absolute Gasteiger partial charge is 0.226 e. The van der Waals surface area contributed by atoms with Gasteiger partial charge in [-0.1, -0.05) is 24.3 Å². The van der Waals surface area contributed by atoms with Crippen LogP contribution in [0.1, 0.15) is 5.56 Å². The van der Waals surface area contributed by atoms with Crippen LogP contribution in [0.5, 0.6) is 11.6 Å². The maximum Gasteiger partial charge on any atom is 0.226 e. The lowest BCUT2D eigenvalue weighted by Gasteiger charge is -2.06. The van der Waals surface area contributed by atoms with Gasteiger partial charge in [-0.05, 0) is 36.8 Å².